The van der Waals surface area contributed by atoms with Crippen LogP contribution in [0.2, 0.25) is 0 Å². The summed E-state index contributed by atoms with van der Waals surface area (Å²) in [5, 5.41) is 0. The van der Waals surface area contributed by atoms with E-state index in [0.717, 1.165) is 29.5 Å². The van der Waals surface area contributed by atoms with Crippen molar-refractivity contribution in [3.05, 3.63) is 221 Å². The van der Waals surface area contributed by atoms with Crippen LogP contribution in [-0.2, 0) is 28.7 Å². The molecular weight excluding hydrogens is 897 g/mol. The van der Waals surface area contributed by atoms with Crippen molar-refractivity contribution in [3.8, 4) is 11.5 Å². The number of allylic oxidation sites excluding steroid dienone is 6. The summed E-state index contributed by atoms with van der Waals surface area (Å²) in [5.74, 6) is 0.676. The number of esters is 4. The minimum absolute atomic E-state index is 0.0510. The van der Waals surface area contributed by atoms with Gasteiger partial charge in [0.25, 0.3) is 0 Å². The second-order valence-corrected chi connectivity index (χ2v) is 18.0. The molecule has 8 nitrogen and oxygen atoms in total. The van der Waals surface area contributed by atoms with Crippen LogP contribution in [0.1, 0.15) is 124 Å². The number of hydrogen-bond donors (Lipinski definition) is 0. The van der Waals surface area contributed by atoms with E-state index in [1.54, 1.807) is 24.3 Å². The Morgan fingerprint density at radius 2 is 0.944 bits per heavy atom. The third-order valence-electron chi connectivity index (χ3n) is 11.8. The fraction of sp³-hybridized carbons (Fsp3) is 0.281. The van der Waals surface area contributed by atoms with Crippen LogP contribution in [0.3, 0.4) is 0 Å². The van der Waals surface area contributed by atoms with Crippen LogP contribution in [0, 0.1) is 26.2 Å². The number of ether oxygens (including phenoxy) is 4. The molecule has 5 aromatic carbocycles. The van der Waals surface area contributed by atoms with Gasteiger partial charge in [0, 0.05) is 18.2 Å². The van der Waals surface area contributed by atoms with Gasteiger partial charge in [0.05, 0.1) is 5.41 Å². The average Bonchev–Trinajstić information content (AvgIpc) is 3.38. The molecule has 0 spiro atoms. The first kappa shape index (κ1) is 58.7. The molecule has 0 aromatic heterocycles. The molecule has 0 aliphatic heterocycles. The largest absolute Gasteiger partial charge is 0.462 e. The maximum absolute atomic E-state index is 11.8. The lowest BCUT2D eigenvalue weighted by atomic mass is 9.91. The third-order valence-corrected chi connectivity index (χ3v) is 11.8. The first-order chi connectivity index (χ1) is 34.5. The predicted molar refractivity (Wildman–Crippen MR) is 296 cm³/mol. The number of hydrogen-bond acceptors (Lipinski definition) is 8. The topological polar surface area (TPSA) is 105 Å². The van der Waals surface area contributed by atoms with Gasteiger partial charge in [0.2, 0.25) is 0 Å². The second-order valence-electron chi connectivity index (χ2n) is 18.0. The zero-order chi connectivity index (χ0) is 52.7. The Morgan fingerprint density at radius 1 is 0.500 bits per heavy atom. The van der Waals surface area contributed by atoms with Crippen molar-refractivity contribution < 1.29 is 38.1 Å². The van der Waals surface area contributed by atoms with E-state index < -0.39 is 11.4 Å². The van der Waals surface area contributed by atoms with E-state index in [1.807, 2.05) is 156 Å². The third kappa shape index (κ3) is 23.4. The summed E-state index contributed by atoms with van der Waals surface area (Å²) in [6, 6.07) is 39.7. The van der Waals surface area contributed by atoms with Crippen LogP contribution in [0.5, 0.6) is 11.5 Å². The van der Waals surface area contributed by atoms with Crippen molar-refractivity contribution >= 4 is 42.1 Å². The Bertz CT molecular complexity index is 2610. The van der Waals surface area contributed by atoms with E-state index >= 15 is 0 Å². The smallest absolute Gasteiger partial charge is 0.336 e. The molecule has 72 heavy (non-hydrogen) atoms. The molecule has 0 N–H and O–H groups in total. The first-order valence-electron chi connectivity index (χ1n) is 24.7. The lowest BCUT2D eigenvalue weighted by Gasteiger charge is -2.20. The fourth-order valence-electron chi connectivity index (χ4n) is 6.24. The van der Waals surface area contributed by atoms with Gasteiger partial charge in [-0.15, -0.1) is 0 Å². The Morgan fingerprint density at radius 3 is 1.43 bits per heavy atom. The summed E-state index contributed by atoms with van der Waals surface area (Å²) < 4.78 is 20.7. The summed E-state index contributed by atoms with van der Waals surface area (Å²) in [6.45, 7) is 20.5. The molecule has 5 aromatic rings. The van der Waals surface area contributed by atoms with Crippen LogP contribution in [0.15, 0.2) is 176 Å². The van der Waals surface area contributed by atoms with Gasteiger partial charge in [-0.3, -0.25) is 4.79 Å². The van der Waals surface area contributed by atoms with Gasteiger partial charge in [-0.05, 0) is 123 Å². The van der Waals surface area contributed by atoms with Crippen molar-refractivity contribution in [1.29, 1.82) is 0 Å². The summed E-state index contributed by atoms with van der Waals surface area (Å²) in [7, 11) is 0. The van der Waals surface area contributed by atoms with Crippen molar-refractivity contribution in [2.75, 3.05) is 13.2 Å². The van der Waals surface area contributed by atoms with E-state index in [-0.39, 0.29) is 31.1 Å². The number of carbonyl (C=O) groups is 4. The highest BCUT2D eigenvalue weighted by molar-refractivity contribution is 5.85. The van der Waals surface area contributed by atoms with Crippen molar-refractivity contribution in [2.24, 2.45) is 5.41 Å². The number of aryl methyl sites for hydroxylation is 3. The van der Waals surface area contributed by atoms with Gasteiger partial charge in [-0.1, -0.05) is 197 Å². The minimum atomic E-state index is -0.511. The molecule has 378 valence electrons. The fourth-order valence-corrected chi connectivity index (χ4v) is 6.24. The van der Waals surface area contributed by atoms with Crippen molar-refractivity contribution in [2.45, 2.75) is 100 Å². The molecule has 0 saturated carbocycles. The van der Waals surface area contributed by atoms with Crippen LogP contribution in [0.4, 0.5) is 0 Å². The summed E-state index contributed by atoms with van der Waals surface area (Å²) in [6.07, 6.45) is 23.4. The van der Waals surface area contributed by atoms with Gasteiger partial charge in [-0.25, -0.2) is 14.4 Å². The molecule has 0 radical (unpaired) electrons. The quantitative estimate of drug-likeness (QED) is 0.0250. The monoisotopic (exact) mass is 971 g/mol. The molecule has 2 unspecified atom stereocenters. The molecule has 0 bridgehead atoms. The number of benzene rings is 5. The minimum Gasteiger partial charge on any atom is -0.462 e. The van der Waals surface area contributed by atoms with Crippen LogP contribution >= 0.6 is 0 Å². The second kappa shape index (κ2) is 32.3. The standard InChI is InChI=1S/C22H24O2.C21H28O4.C21H22O2/c1-4-18(3)20-13-15-21(16-14-20)24-22(23)8-6-5-7-19-11-9-17(2)10-12-19;1-6-21(4,5)20(23)25-14-13-24-19(22)10-8-7-9-18-15-16(2)11-12-17(18)3;1-3-17(2)19-13-15-20(16-14-19)23-21(22)12-8-7-11-18-9-5-4-6-10-18/h5-16,18H,4H2,1-3H3;7-12,15H,6,13-14H2,1-5H3;4-17H,3H2,1-2H3/b7-5+,8-6+;9-7+,10-8+;11-7+,12-8+. The van der Waals surface area contributed by atoms with Gasteiger partial charge < -0.3 is 18.9 Å². The molecule has 0 fully saturated rings. The van der Waals surface area contributed by atoms with Crippen molar-refractivity contribution in [1.82, 2.24) is 0 Å². The predicted octanol–water partition coefficient (Wildman–Crippen LogP) is 15.5. The lowest BCUT2D eigenvalue weighted by Crippen LogP contribution is -2.27. The van der Waals surface area contributed by atoms with E-state index in [0.29, 0.717) is 29.8 Å². The Balaban J connectivity index is 0.000000285. The lowest BCUT2D eigenvalue weighted by molar-refractivity contribution is -0.157. The highest BCUT2D eigenvalue weighted by Crippen LogP contribution is 2.24. The molecule has 5 rings (SSSR count). The number of rotatable bonds is 20. The SMILES string of the molecule is CCC(C)(C)C(=O)OCCOC(=O)/C=C/C=C/c1cc(C)ccc1C.CCC(C)c1ccc(OC(=O)/C=C/C=C/c2ccc(C)cc2)cc1.CCC(C)c1ccc(OC(=O)/C=C/C=C/c2ccccc2)cc1. The van der Waals surface area contributed by atoms with Gasteiger partial charge in [0.15, 0.2) is 0 Å². The normalized spacial score (nSPS) is 12.4. The molecule has 8 heteroatoms. The Kier molecular flexibility index (Phi) is 26.4. The number of carbonyl (C=O) groups excluding carboxylic acids is 4. The maximum Gasteiger partial charge on any atom is 0.336 e. The Labute approximate surface area is 429 Å². The average molecular weight is 971 g/mol. The van der Waals surface area contributed by atoms with Gasteiger partial charge >= 0.3 is 23.9 Å². The summed E-state index contributed by atoms with van der Waals surface area (Å²) in [4.78, 5) is 46.9. The van der Waals surface area contributed by atoms with E-state index in [9.17, 15) is 19.2 Å². The van der Waals surface area contributed by atoms with Crippen LogP contribution < -0.4 is 9.47 Å². The molecular formula is C64H74O8. The van der Waals surface area contributed by atoms with Crippen molar-refractivity contribution in [3.63, 3.8) is 0 Å². The van der Waals surface area contributed by atoms with Gasteiger partial charge in [-0.2, -0.15) is 0 Å². The summed E-state index contributed by atoms with van der Waals surface area (Å²) in [5.41, 5.74) is 8.90. The molecule has 0 aliphatic carbocycles. The zero-order valence-electron chi connectivity index (χ0n) is 43.9. The van der Waals surface area contributed by atoms with Crippen LogP contribution in [-0.4, -0.2) is 37.1 Å². The molecule has 2 atom stereocenters. The summed E-state index contributed by atoms with van der Waals surface area (Å²) >= 11 is 0. The van der Waals surface area contributed by atoms with Gasteiger partial charge in [0.1, 0.15) is 24.7 Å². The molecule has 0 aliphatic rings. The van der Waals surface area contributed by atoms with E-state index in [1.165, 1.54) is 46.0 Å². The highest BCUT2D eigenvalue weighted by atomic mass is 16.6. The molecule has 0 saturated heterocycles. The first-order valence-corrected chi connectivity index (χ1v) is 24.7. The van der Waals surface area contributed by atoms with Crippen LogP contribution in [0.25, 0.3) is 18.2 Å². The molecule has 0 amide bonds. The van der Waals surface area contributed by atoms with E-state index in [4.69, 9.17) is 18.9 Å². The highest BCUT2D eigenvalue weighted by Gasteiger charge is 2.26. The zero-order valence-corrected chi connectivity index (χ0v) is 43.9. The Hall–Kier alpha value is -7.58. The maximum atomic E-state index is 11.8. The molecule has 0 heterocycles. The van der Waals surface area contributed by atoms with E-state index in [2.05, 4.69) is 65.0 Å².